The van der Waals surface area contributed by atoms with E-state index < -0.39 is 0 Å². The molecule has 8 nitrogen and oxygen atoms in total. The van der Waals surface area contributed by atoms with Crippen molar-refractivity contribution in [2.24, 2.45) is 0 Å². The van der Waals surface area contributed by atoms with Gasteiger partial charge < -0.3 is 15.2 Å². The van der Waals surface area contributed by atoms with E-state index in [1.807, 2.05) is 12.1 Å². The molecule has 27 heavy (non-hydrogen) atoms. The zero-order chi connectivity index (χ0) is 18.6. The largest absolute Gasteiger partial charge is 0.372 e. The molecule has 1 aliphatic rings. The van der Waals surface area contributed by atoms with Crippen molar-refractivity contribution in [3.8, 4) is 11.4 Å². The highest BCUT2D eigenvalue weighted by molar-refractivity contribution is 5.98. The van der Waals surface area contributed by atoms with E-state index in [1.165, 1.54) is 0 Å². The van der Waals surface area contributed by atoms with Crippen LogP contribution in [0.1, 0.15) is 29.0 Å². The molecule has 0 fully saturated rings. The van der Waals surface area contributed by atoms with Gasteiger partial charge in [-0.15, -0.1) is 10.2 Å². The highest BCUT2D eigenvalue weighted by Crippen LogP contribution is 2.22. The molecule has 0 radical (unpaired) electrons. The normalized spacial score (nSPS) is 16.3. The first kappa shape index (κ1) is 17.1. The van der Waals surface area contributed by atoms with Crippen molar-refractivity contribution in [3.63, 3.8) is 0 Å². The fourth-order valence-corrected chi connectivity index (χ4v) is 3.40. The Morgan fingerprint density at radius 1 is 1.15 bits per heavy atom. The van der Waals surface area contributed by atoms with Gasteiger partial charge in [0.2, 0.25) is 0 Å². The maximum absolute atomic E-state index is 12.7. The van der Waals surface area contributed by atoms with E-state index in [0.29, 0.717) is 11.4 Å². The van der Waals surface area contributed by atoms with Crippen LogP contribution in [0.2, 0.25) is 0 Å². The van der Waals surface area contributed by atoms with Crippen molar-refractivity contribution in [1.82, 2.24) is 30.0 Å². The summed E-state index contributed by atoms with van der Waals surface area (Å²) in [7, 11) is 1.76. The number of carbonyl (C=O) groups excluding carboxylic acids is 1. The Labute approximate surface area is 157 Å². The van der Waals surface area contributed by atoms with Gasteiger partial charge in [0.1, 0.15) is 11.6 Å². The smallest absolute Gasteiger partial charge is 0.255 e. The summed E-state index contributed by atoms with van der Waals surface area (Å²) in [6.07, 6.45) is 7.60. The first-order chi connectivity index (χ1) is 13.3. The van der Waals surface area contributed by atoms with E-state index in [4.69, 9.17) is 0 Å². The third kappa shape index (κ3) is 3.51. The van der Waals surface area contributed by atoms with E-state index >= 15 is 0 Å². The van der Waals surface area contributed by atoms with E-state index in [1.54, 1.807) is 37.8 Å². The minimum absolute atomic E-state index is 0.0782. The van der Waals surface area contributed by atoms with Gasteiger partial charge in [0.05, 0.1) is 5.56 Å². The lowest BCUT2D eigenvalue weighted by atomic mass is 10.1. The van der Waals surface area contributed by atoms with Crippen LogP contribution in [0.25, 0.3) is 11.4 Å². The van der Waals surface area contributed by atoms with Crippen molar-refractivity contribution in [3.05, 3.63) is 54.2 Å². The average Bonchev–Trinajstić information content (AvgIpc) is 3.03. The van der Waals surface area contributed by atoms with Crippen LogP contribution in [0, 0.1) is 0 Å². The van der Waals surface area contributed by atoms with Crippen LogP contribution < -0.4 is 10.6 Å². The summed E-state index contributed by atoms with van der Waals surface area (Å²) in [5.41, 5.74) is 1.56. The summed E-state index contributed by atoms with van der Waals surface area (Å²) in [4.78, 5) is 20.9. The maximum Gasteiger partial charge on any atom is 0.255 e. The summed E-state index contributed by atoms with van der Waals surface area (Å²) in [6, 6.07) is 7.49. The Bertz CT molecular complexity index is 938. The van der Waals surface area contributed by atoms with Crippen molar-refractivity contribution in [2.75, 3.05) is 12.4 Å². The number of hydrogen-bond donors (Lipinski definition) is 2. The van der Waals surface area contributed by atoms with Crippen molar-refractivity contribution >= 4 is 11.7 Å². The zero-order valence-corrected chi connectivity index (χ0v) is 15.1. The Balaban J connectivity index is 1.48. The highest BCUT2D eigenvalue weighted by Gasteiger charge is 2.23. The molecule has 4 rings (SSSR count). The van der Waals surface area contributed by atoms with E-state index in [2.05, 4.69) is 35.4 Å². The van der Waals surface area contributed by atoms with Crippen molar-refractivity contribution in [2.45, 2.75) is 31.8 Å². The average molecular weight is 363 g/mol. The SMILES string of the molecule is CNc1ncccc1C(=O)NC1CCc2nnc(-c3ccncc3)n2CC1. The fraction of sp³-hybridized carbons (Fsp3) is 0.316. The first-order valence-electron chi connectivity index (χ1n) is 9.02. The summed E-state index contributed by atoms with van der Waals surface area (Å²) >= 11 is 0. The van der Waals surface area contributed by atoms with Gasteiger partial charge in [-0.2, -0.15) is 0 Å². The minimum Gasteiger partial charge on any atom is -0.372 e. The zero-order valence-electron chi connectivity index (χ0n) is 15.1. The lowest BCUT2D eigenvalue weighted by Crippen LogP contribution is -2.35. The first-order valence-corrected chi connectivity index (χ1v) is 9.02. The molecule has 3 aromatic heterocycles. The molecule has 1 atom stereocenters. The van der Waals surface area contributed by atoms with Crippen LogP contribution in [0.4, 0.5) is 5.82 Å². The molecule has 138 valence electrons. The number of nitrogens with zero attached hydrogens (tertiary/aromatic N) is 5. The number of aromatic nitrogens is 5. The standard InChI is InChI=1S/C19H21N7O/c1-20-17-15(3-2-9-22-17)19(27)23-14-4-5-16-24-25-18(26(16)12-8-14)13-6-10-21-11-7-13/h2-3,6-7,9-11,14H,4-5,8,12H2,1H3,(H,20,22)(H,23,27). The predicted molar refractivity (Wildman–Crippen MR) is 101 cm³/mol. The molecule has 1 aliphatic heterocycles. The van der Waals surface area contributed by atoms with Gasteiger partial charge in [-0.05, 0) is 37.1 Å². The molecular weight excluding hydrogens is 342 g/mol. The van der Waals surface area contributed by atoms with Gasteiger partial charge in [-0.3, -0.25) is 9.78 Å². The number of anilines is 1. The predicted octanol–water partition coefficient (Wildman–Crippen LogP) is 1.91. The molecule has 3 aromatic rings. The molecule has 1 amide bonds. The second-order valence-corrected chi connectivity index (χ2v) is 6.47. The Morgan fingerprint density at radius 3 is 2.81 bits per heavy atom. The summed E-state index contributed by atoms with van der Waals surface area (Å²) < 4.78 is 2.14. The molecule has 0 aliphatic carbocycles. The summed E-state index contributed by atoms with van der Waals surface area (Å²) in [6.45, 7) is 0.761. The van der Waals surface area contributed by atoms with E-state index in [0.717, 1.165) is 43.0 Å². The third-order valence-corrected chi connectivity index (χ3v) is 4.81. The molecule has 4 heterocycles. The molecule has 8 heteroatoms. The number of amides is 1. The van der Waals surface area contributed by atoms with Crippen LogP contribution >= 0.6 is 0 Å². The minimum atomic E-state index is -0.107. The Kier molecular flexibility index (Phi) is 4.78. The molecule has 0 bridgehead atoms. The third-order valence-electron chi connectivity index (χ3n) is 4.81. The van der Waals surface area contributed by atoms with Gasteiger partial charge in [0.15, 0.2) is 5.82 Å². The number of fused-ring (bicyclic) bond motifs is 1. The molecule has 0 aromatic carbocycles. The van der Waals surface area contributed by atoms with Crippen LogP contribution in [-0.4, -0.2) is 43.7 Å². The lowest BCUT2D eigenvalue weighted by Gasteiger charge is -2.17. The van der Waals surface area contributed by atoms with Crippen LogP contribution in [0.5, 0.6) is 0 Å². The number of aryl methyl sites for hydroxylation is 1. The quantitative estimate of drug-likeness (QED) is 0.735. The maximum atomic E-state index is 12.7. The number of nitrogens with one attached hydrogen (secondary N) is 2. The molecule has 0 spiro atoms. The molecular formula is C19H21N7O. The van der Waals surface area contributed by atoms with Gasteiger partial charge in [0, 0.05) is 50.2 Å². The molecule has 0 saturated carbocycles. The lowest BCUT2D eigenvalue weighted by molar-refractivity contribution is 0.0933. The number of pyridine rings is 2. The summed E-state index contributed by atoms with van der Waals surface area (Å²) in [5, 5.41) is 14.8. The topological polar surface area (TPSA) is 97.6 Å². The number of carbonyl (C=O) groups is 1. The molecule has 1 unspecified atom stereocenters. The van der Waals surface area contributed by atoms with Gasteiger partial charge in [-0.1, -0.05) is 0 Å². The number of hydrogen-bond acceptors (Lipinski definition) is 6. The van der Waals surface area contributed by atoms with Crippen LogP contribution in [-0.2, 0) is 13.0 Å². The Morgan fingerprint density at radius 2 is 2.00 bits per heavy atom. The fourth-order valence-electron chi connectivity index (χ4n) is 3.40. The second-order valence-electron chi connectivity index (χ2n) is 6.47. The second kappa shape index (κ2) is 7.53. The van der Waals surface area contributed by atoms with E-state index in [-0.39, 0.29) is 11.9 Å². The van der Waals surface area contributed by atoms with Crippen molar-refractivity contribution in [1.29, 1.82) is 0 Å². The van der Waals surface area contributed by atoms with Crippen LogP contribution in [0.3, 0.4) is 0 Å². The molecule has 2 N–H and O–H groups in total. The Hall–Kier alpha value is -3.29. The number of rotatable bonds is 4. The van der Waals surface area contributed by atoms with Gasteiger partial charge in [0.25, 0.3) is 5.91 Å². The highest BCUT2D eigenvalue weighted by atomic mass is 16.1. The van der Waals surface area contributed by atoms with E-state index in [9.17, 15) is 4.79 Å². The monoisotopic (exact) mass is 363 g/mol. The summed E-state index contributed by atoms with van der Waals surface area (Å²) in [5.74, 6) is 2.28. The van der Waals surface area contributed by atoms with Gasteiger partial charge in [-0.25, -0.2) is 4.98 Å². The molecule has 0 saturated heterocycles. The van der Waals surface area contributed by atoms with Crippen molar-refractivity contribution < 1.29 is 4.79 Å². The van der Waals surface area contributed by atoms with Crippen LogP contribution in [0.15, 0.2) is 42.9 Å². The van der Waals surface area contributed by atoms with Gasteiger partial charge >= 0.3 is 0 Å².